The molecule has 0 spiro atoms. The molecule has 0 saturated carbocycles. The van der Waals surface area contributed by atoms with Crippen LogP contribution in [0.25, 0.3) is 11.0 Å². The molecule has 3 aromatic rings. The van der Waals surface area contributed by atoms with Gasteiger partial charge in [0.25, 0.3) is 0 Å². The van der Waals surface area contributed by atoms with Crippen LogP contribution in [0.5, 0.6) is 0 Å². The number of carbonyl (C=O) groups excluding carboxylic acids is 2. The molecule has 10 heteroatoms. The molecule has 3 rings (SSSR count). The summed E-state index contributed by atoms with van der Waals surface area (Å²) >= 11 is 0. The molecule has 3 N–H and O–H groups in total. The number of H-pyrrole nitrogens is 1. The second-order valence-corrected chi connectivity index (χ2v) is 4.76. The van der Waals surface area contributed by atoms with Gasteiger partial charge in [-0.05, 0) is 19.1 Å². The number of imidazole rings is 1. The Kier molecular flexibility index (Phi) is 4.36. The number of aromatic amines is 1. The number of nitrogens with one attached hydrogen (secondary N) is 3. The highest BCUT2D eigenvalue weighted by Crippen LogP contribution is 2.19. The van der Waals surface area contributed by atoms with Gasteiger partial charge in [-0.2, -0.15) is 9.90 Å². The summed E-state index contributed by atoms with van der Waals surface area (Å²) in [5, 5.41) is 13.1. The topological polar surface area (TPSA) is 127 Å². The number of para-hydroxylation sites is 1. The first-order chi connectivity index (χ1) is 11.7. The largest absolute Gasteiger partial charge is 0.450 e. The molecule has 0 fully saturated rings. The Morgan fingerprint density at radius 3 is 3.04 bits per heavy atom. The van der Waals surface area contributed by atoms with Crippen molar-refractivity contribution in [1.82, 2.24) is 25.0 Å². The van der Waals surface area contributed by atoms with Crippen molar-refractivity contribution in [1.29, 1.82) is 0 Å². The molecular weight excluding hydrogens is 314 g/mol. The van der Waals surface area contributed by atoms with Gasteiger partial charge in [0, 0.05) is 0 Å². The van der Waals surface area contributed by atoms with Crippen molar-refractivity contribution in [3.05, 3.63) is 30.7 Å². The molecular formula is C14H15N7O3. The van der Waals surface area contributed by atoms with Crippen molar-refractivity contribution in [2.24, 2.45) is 0 Å². The minimum atomic E-state index is -0.626. The molecule has 2 heterocycles. The van der Waals surface area contributed by atoms with Crippen LogP contribution in [0.4, 0.5) is 16.3 Å². The summed E-state index contributed by atoms with van der Waals surface area (Å²) in [7, 11) is 0. The van der Waals surface area contributed by atoms with E-state index >= 15 is 0 Å². The first kappa shape index (κ1) is 15.5. The van der Waals surface area contributed by atoms with Gasteiger partial charge in [-0.15, -0.1) is 5.10 Å². The van der Waals surface area contributed by atoms with Gasteiger partial charge in [0.1, 0.15) is 12.1 Å². The van der Waals surface area contributed by atoms with Gasteiger partial charge in [0.05, 0.1) is 30.3 Å². The summed E-state index contributed by atoms with van der Waals surface area (Å²) in [6.45, 7) is 1.84. The molecule has 0 bridgehead atoms. The number of ether oxygens (including phenoxy) is 1. The van der Waals surface area contributed by atoms with Crippen LogP contribution in [0, 0.1) is 0 Å². The lowest BCUT2D eigenvalue weighted by Gasteiger charge is -2.05. The summed E-state index contributed by atoms with van der Waals surface area (Å²) in [6.07, 6.45) is 2.26. The van der Waals surface area contributed by atoms with Crippen molar-refractivity contribution in [2.75, 3.05) is 17.2 Å². The normalized spacial score (nSPS) is 10.5. The number of benzene rings is 1. The zero-order chi connectivity index (χ0) is 16.9. The highest BCUT2D eigenvalue weighted by molar-refractivity contribution is 5.99. The van der Waals surface area contributed by atoms with E-state index in [-0.39, 0.29) is 24.9 Å². The van der Waals surface area contributed by atoms with Crippen molar-refractivity contribution in [2.45, 2.75) is 13.5 Å². The van der Waals surface area contributed by atoms with E-state index in [1.165, 1.54) is 11.0 Å². The summed E-state index contributed by atoms with van der Waals surface area (Å²) in [5.41, 5.74) is 2.09. The molecule has 0 aliphatic rings. The number of aromatic nitrogens is 5. The number of hydrogen-bond donors (Lipinski definition) is 3. The summed E-state index contributed by atoms with van der Waals surface area (Å²) in [4.78, 5) is 31.7. The van der Waals surface area contributed by atoms with Crippen LogP contribution in [0.2, 0.25) is 0 Å². The predicted molar refractivity (Wildman–Crippen MR) is 85.4 cm³/mol. The molecule has 1 aromatic carbocycles. The maximum Gasteiger partial charge on any atom is 0.412 e. The highest BCUT2D eigenvalue weighted by Gasteiger charge is 2.11. The van der Waals surface area contributed by atoms with Gasteiger partial charge in [-0.25, -0.2) is 9.78 Å². The lowest BCUT2D eigenvalue weighted by Crippen LogP contribution is -2.21. The lowest BCUT2D eigenvalue weighted by atomic mass is 10.2. The summed E-state index contributed by atoms with van der Waals surface area (Å²) in [6, 6.07) is 5.43. The average Bonchev–Trinajstić information content (AvgIpc) is 3.17. The maximum atomic E-state index is 12.1. The van der Waals surface area contributed by atoms with Gasteiger partial charge in [0.15, 0.2) is 5.82 Å². The van der Waals surface area contributed by atoms with Crippen LogP contribution >= 0.6 is 0 Å². The fourth-order valence-corrected chi connectivity index (χ4v) is 2.09. The van der Waals surface area contributed by atoms with Crippen LogP contribution in [-0.4, -0.2) is 43.6 Å². The fourth-order valence-electron chi connectivity index (χ4n) is 2.09. The Balaban J connectivity index is 1.62. The first-order valence-electron chi connectivity index (χ1n) is 7.21. The monoisotopic (exact) mass is 329 g/mol. The van der Waals surface area contributed by atoms with E-state index in [0.29, 0.717) is 11.2 Å². The molecule has 0 saturated heterocycles. The summed E-state index contributed by atoms with van der Waals surface area (Å²) < 4.78 is 4.73. The van der Waals surface area contributed by atoms with Crippen molar-refractivity contribution >= 4 is 34.5 Å². The Bertz CT molecular complexity index is 870. The standard InChI is InChI=1S/C14H15N7O3/c1-2-24-14(23)19-11-6-17-21(20-11)7-12(22)18-10-5-3-4-9-13(10)16-8-15-9/h3-6,8H,2,7H2,1H3,(H,15,16)(H,18,22)(H,19,20,23). The average molecular weight is 329 g/mol. The number of hydrogen-bond acceptors (Lipinski definition) is 6. The van der Waals surface area contributed by atoms with Gasteiger partial charge in [-0.3, -0.25) is 10.1 Å². The molecule has 124 valence electrons. The van der Waals surface area contributed by atoms with Crippen LogP contribution in [0.15, 0.2) is 30.7 Å². The zero-order valence-corrected chi connectivity index (χ0v) is 12.8. The molecule has 10 nitrogen and oxygen atoms in total. The van der Waals surface area contributed by atoms with Crippen LogP contribution in [-0.2, 0) is 16.1 Å². The third-order valence-electron chi connectivity index (χ3n) is 3.05. The zero-order valence-electron chi connectivity index (χ0n) is 12.8. The van der Waals surface area contributed by atoms with Crippen molar-refractivity contribution < 1.29 is 14.3 Å². The molecule has 24 heavy (non-hydrogen) atoms. The summed E-state index contributed by atoms with van der Waals surface area (Å²) in [5.74, 6) is -0.112. The molecule has 0 aliphatic carbocycles. The molecule has 0 unspecified atom stereocenters. The number of nitrogens with zero attached hydrogens (tertiary/aromatic N) is 4. The molecule has 0 atom stereocenters. The highest BCUT2D eigenvalue weighted by atomic mass is 16.5. The molecule has 0 radical (unpaired) electrons. The third kappa shape index (κ3) is 3.48. The molecule has 2 amide bonds. The van der Waals surface area contributed by atoms with Gasteiger partial charge >= 0.3 is 6.09 Å². The van der Waals surface area contributed by atoms with E-state index in [1.54, 1.807) is 19.3 Å². The van der Waals surface area contributed by atoms with Crippen molar-refractivity contribution in [3.8, 4) is 0 Å². The van der Waals surface area contributed by atoms with E-state index < -0.39 is 6.09 Å². The lowest BCUT2D eigenvalue weighted by molar-refractivity contribution is -0.117. The van der Waals surface area contributed by atoms with Crippen LogP contribution in [0.1, 0.15) is 6.92 Å². The fraction of sp³-hybridized carbons (Fsp3) is 0.214. The van der Waals surface area contributed by atoms with Crippen molar-refractivity contribution in [3.63, 3.8) is 0 Å². The Morgan fingerprint density at radius 1 is 1.33 bits per heavy atom. The van der Waals surface area contributed by atoms with Gasteiger partial charge in [-0.1, -0.05) is 6.07 Å². The number of amides is 2. The van der Waals surface area contributed by atoms with E-state index in [4.69, 9.17) is 4.74 Å². The van der Waals surface area contributed by atoms with Gasteiger partial charge in [0.2, 0.25) is 5.91 Å². The Labute approximate surface area is 136 Å². The van der Waals surface area contributed by atoms with E-state index in [9.17, 15) is 9.59 Å². The Hall–Kier alpha value is -3.43. The van der Waals surface area contributed by atoms with Crippen LogP contribution < -0.4 is 10.6 Å². The number of rotatable bonds is 5. The minimum Gasteiger partial charge on any atom is -0.450 e. The van der Waals surface area contributed by atoms with E-state index in [1.807, 2.05) is 12.1 Å². The van der Waals surface area contributed by atoms with E-state index in [2.05, 4.69) is 30.8 Å². The molecule has 0 aliphatic heterocycles. The number of anilines is 2. The smallest absolute Gasteiger partial charge is 0.412 e. The second-order valence-electron chi connectivity index (χ2n) is 4.76. The maximum absolute atomic E-state index is 12.1. The first-order valence-corrected chi connectivity index (χ1v) is 7.21. The number of carbonyl (C=O) groups is 2. The van der Waals surface area contributed by atoms with Crippen LogP contribution in [0.3, 0.4) is 0 Å². The third-order valence-corrected chi connectivity index (χ3v) is 3.05. The quantitative estimate of drug-likeness (QED) is 0.648. The Morgan fingerprint density at radius 2 is 2.21 bits per heavy atom. The van der Waals surface area contributed by atoms with Gasteiger partial charge < -0.3 is 15.0 Å². The predicted octanol–water partition coefficient (Wildman–Crippen LogP) is 1.36. The van der Waals surface area contributed by atoms with E-state index in [0.717, 1.165) is 5.52 Å². The minimum absolute atomic E-state index is 0.106. The second kappa shape index (κ2) is 6.77. The SMILES string of the molecule is CCOC(=O)Nc1cnn(CC(=O)Nc2cccc3[nH]cnc23)n1. The molecule has 2 aromatic heterocycles. The number of fused-ring (bicyclic) bond motifs is 1.